The van der Waals surface area contributed by atoms with Crippen LogP contribution in [0.15, 0.2) is 33.7 Å². The Morgan fingerprint density at radius 3 is 2.89 bits per heavy atom. The molecule has 1 aliphatic carbocycles. The van der Waals surface area contributed by atoms with Gasteiger partial charge in [0.1, 0.15) is 0 Å². The third-order valence-corrected chi connectivity index (χ3v) is 5.54. The second kappa shape index (κ2) is 8.59. The minimum absolute atomic E-state index is 0.0761. The zero-order valence-electron chi connectivity index (χ0n) is 14.8. The zero-order chi connectivity index (χ0) is 19.3. The van der Waals surface area contributed by atoms with Crippen LogP contribution in [0.25, 0.3) is 0 Å². The number of benzene rings is 1. The van der Waals surface area contributed by atoms with Crippen LogP contribution in [0.5, 0.6) is 0 Å². The molecule has 9 nitrogen and oxygen atoms in total. The summed E-state index contributed by atoms with van der Waals surface area (Å²) in [6.07, 6.45) is 3.58. The third kappa shape index (κ3) is 5.59. The van der Waals surface area contributed by atoms with Crippen molar-refractivity contribution in [3.8, 4) is 0 Å². The van der Waals surface area contributed by atoms with E-state index in [4.69, 9.17) is 10.3 Å². The fourth-order valence-electron chi connectivity index (χ4n) is 2.52. The molecular weight excluding hydrogens is 370 g/mol. The van der Waals surface area contributed by atoms with Crippen LogP contribution in [0.1, 0.15) is 43.3 Å². The highest BCUT2D eigenvalue weighted by Gasteiger charge is 2.28. The first-order valence-electron chi connectivity index (χ1n) is 8.90. The molecule has 0 aliphatic heterocycles. The van der Waals surface area contributed by atoms with Crippen molar-refractivity contribution in [3.05, 3.63) is 36.0 Å². The van der Waals surface area contributed by atoms with Crippen LogP contribution < -0.4 is 15.8 Å². The van der Waals surface area contributed by atoms with Crippen molar-refractivity contribution in [2.45, 2.75) is 42.9 Å². The highest BCUT2D eigenvalue weighted by molar-refractivity contribution is 7.89. The molecule has 1 fully saturated rings. The fraction of sp³-hybridized carbons (Fsp3) is 0.471. The average molecular weight is 393 g/mol. The number of sulfonamides is 1. The van der Waals surface area contributed by atoms with Crippen LogP contribution in [-0.2, 0) is 21.2 Å². The van der Waals surface area contributed by atoms with E-state index in [1.807, 2.05) is 0 Å². The van der Waals surface area contributed by atoms with Gasteiger partial charge in [-0.15, -0.1) is 0 Å². The van der Waals surface area contributed by atoms with Gasteiger partial charge in [-0.3, -0.25) is 4.79 Å². The van der Waals surface area contributed by atoms with E-state index in [2.05, 4.69) is 20.2 Å². The summed E-state index contributed by atoms with van der Waals surface area (Å²) in [5.74, 6) is 1.54. The van der Waals surface area contributed by atoms with E-state index in [0.29, 0.717) is 30.3 Å². The molecule has 0 bridgehead atoms. The molecule has 10 heteroatoms. The zero-order valence-corrected chi connectivity index (χ0v) is 15.7. The summed E-state index contributed by atoms with van der Waals surface area (Å²) < 4.78 is 31.8. The lowest BCUT2D eigenvalue weighted by Crippen LogP contribution is -2.29. The van der Waals surface area contributed by atoms with Gasteiger partial charge >= 0.3 is 0 Å². The van der Waals surface area contributed by atoms with Gasteiger partial charge in [0.15, 0.2) is 5.82 Å². The Hall–Kier alpha value is -2.30. The number of hydrogen-bond acceptors (Lipinski definition) is 7. The van der Waals surface area contributed by atoms with Gasteiger partial charge in [-0.25, -0.2) is 13.1 Å². The number of amides is 1. The molecule has 1 aromatic carbocycles. The average Bonchev–Trinajstić information content (AvgIpc) is 3.39. The predicted molar refractivity (Wildman–Crippen MR) is 98.5 cm³/mol. The number of nitrogens with two attached hydrogens (primary N) is 1. The van der Waals surface area contributed by atoms with Crippen molar-refractivity contribution in [1.82, 2.24) is 14.9 Å². The molecule has 1 heterocycles. The normalized spacial score (nSPS) is 14.3. The van der Waals surface area contributed by atoms with Crippen LogP contribution in [0, 0.1) is 0 Å². The van der Waals surface area contributed by atoms with Crippen molar-refractivity contribution < 1.29 is 17.7 Å². The van der Waals surface area contributed by atoms with Gasteiger partial charge in [-0.05, 0) is 37.5 Å². The summed E-state index contributed by atoms with van der Waals surface area (Å²) in [7, 11) is -3.64. The SMILES string of the molecule is NCCNS(=O)(=O)c1cccc(NC(=O)CCCc2nc(C3CC3)no2)c1. The first-order chi connectivity index (χ1) is 13.0. The van der Waals surface area contributed by atoms with Gasteiger partial charge in [0.25, 0.3) is 0 Å². The highest BCUT2D eigenvalue weighted by Crippen LogP contribution is 2.38. The molecule has 1 amide bonds. The number of carbonyl (C=O) groups excluding carboxylic acids is 1. The van der Waals surface area contributed by atoms with E-state index in [9.17, 15) is 13.2 Å². The van der Waals surface area contributed by atoms with E-state index in [-0.39, 0.29) is 30.3 Å². The Balaban J connectivity index is 1.49. The number of nitrogens with one attached hydrogen (secondary N) is 2. The monoisotopic (exact) mass is 393 g/mol. The molecule has 27 heavy (non-hydrogen) atoms. The van der Waals surface area contributed by atoms with E-state index >= 15 is 0 Å². The lowest BCUT2D eigenvalue weighted by atomic mass is 10.2. The number of rotatable bonds is 10. The van der Waals surface area contributed by atoms with E-state index in [1.165, 1.54) is 12.1 Å². The summed E-state index contributed by atoms with van der Waals surface area (Å²) in [5, 5.41) is 6.65. The minimum atomic E-state index is -3.64. The van der Waals surface area contributed by atoms with Crippen LogP contribution in [0.4, 0.5) is 5.69 Å². The van der Waals surface area contributed by atoms with Crippen molar-refractivity contribution in [2.75, 3.05) is 18.4 Å². The lowest BCUT2D eigenvalue weighted by Gasteiger charge is -2.09. The lowest BCUT2D eigenvalue weighted by molar-refractivity contribution is -0.116. The van der Waals surface area contributed by atoms with Crippen LogP contribution in [-0.4, -0.2) is 37.6 Å². The highest BCUT2D eigenvalue weighted by atomic mass is 32.2. The Kier molecular flexibility index (Phi) is 6.19. The number of aromatic nitrogens is 2. The van der Waals surface area contributed by atoms with E-state index < -0.39 is 10.0 Å². The summed E-state index contributed by atoms with van der Waals surface area (Å²) in [5.41, 5.74) is 5.74. The van der Waals surface area contributed by atoms with Crippen molar-refractivity contribution in [1.29, 1.82) is 0 Å². The summed E-state index contributed by atoms with van der Waals surface area (Å²) in [6.45, 7) is 0.356. The predicted octanol–water partition coefficient (Wildman–Crippen LogP) is 1.15. The molecule has 0 unspecified atom stereocenters. The number of carbonyl (C=O) groups is 1. The van der Waals surface area contributed by atoms with E-state index in [1.54, 1.807) is 12.1 Å². The van der Waals surface area contributed by atoms with Crippen LogP contribution >= 0.6 is 0 Å². The molecule has 0 spiro atoms. The molecule has 4 N–H and O–H groups in total. The van der Waals surface area contributed by atoms with Gasteiger partial charge in [0.05, 0.1) is 4.90 Å². The number of aryl methyl sites for hydroxylation is 1. The molecule has 0 radical (unpaired) electrons. The quantitative estimate of drug-likeness (QED) is 0.550. The Labute approximate surface area is 157 Å². The smallest absolute Gasteiger partial charge is 0.240 e. The number of anilines is 1. The van der Waals surface area contributed by atoms with Gasteiger partial charge < -0.3 is 15.6 Å². The second-order valence-electron chi connectivity index (χ2n) is 6.44. The molecule has 0 saturated heterocycles. The third-order valence-electron chi connectivity index (χ3n) is 4.09. The molecule has 0 atom stereocenters. The maximum atomic E-state index is 12.1. The Morgan fingerprint density at radius 1 is 1.33 bits per heavy atom. The molecule has 146 valence electrons. The van der Waals surface area contributed by atoms with Crippen molar-refractivity contribution in [2.24, 2.45) is 5.73 Å². The molecule has 1 saturated carbocycles. The van der Waals surface area contributed by atoms with Gasteiger partial charge in [0.2, 0.25) is 21.8 Å². The fourth-order valence-corrected chi connectivity index (χ4v) is 3.61. The molecule has 3 rings (SSSR count). The standard InChI is InChI=1S/C17H23N5O4S/c18-9-10-19-27(24,25)14-4-1-3-13(11-14)20-15(23)5-2-6-16-21-17(22-26-16)12-7-8-12/h1,3-4,11-12,19H,2,5-10,18H2,(H,20,23). The first kappa shape index (κ1) is 19.5. The number of hydrogen-bond donors (Lipinski definition) is 3. The minimum Gasteiger partial charge on any atom is -0.339 e. The topological polar surface area (TPSA) is 140 Å². The van der Waals surface area contributed by atoms with Crippen LogP contribution in [0.3, 0.4) is 0 Å². The van der Waals surface area contributed by atoms with E-state index in [0.717, 1.165) is 18.7 Å². The maximum Gasteiger partial charge on any atom is 0.240 e. The van der Waals surface area contributed by atoms with Gasteiger partial charge in [-0.2, -0.15) is 4.98 Å². The Bertz CT molecular complexity index is 892. The van der Waals surface area contributed by atoms with Gasteiger partial charge in [0, 0.05) is 37.5 Å². The van der Waals surface area contributed by atoms with Crippen molar-refractivity contribution in [3.63, 3.8) is 0 Å². The molecule has 1 aromatic heterocycles. The molecule has 2 aromatic rings. The molecule has 1 aliphatic rings. The first-order valence-corrected chi connectivity index (χ1v) is 10.4. The molecular formula is C17H23N5O4S. The Morgan fingerprint density at radius 2 is 2.15 bits per heavy atom. The number of nitrogens with zero attached hydrogens (tertiary/aromatic N) is 2. The second-order valence-corrected chi connectivity index (χ2v) is 8.20. The van der Waals surface area contributed by atoms with Crippen molar-refractivity contribution >= 4 is 21.6 Å². The van der Waals surface area contributed by atoms with Crippen LogP contribution in [0.2, 0.25) is 0 Å². The summed E-state index contributed by atoms with van der Waals surface area (Å²) >= 11 is 0. The van der Waals surface area contributed by atoms with Gasteiger partial charge in [-0.1, -0.05) is 11.2 Å². The largest absolute Gasteiger partial charge is 0.339 e. The summed E-state index contributed by atoms with van der Waals surface area (Å²) in [6, 6.07) is 6.09. The summed E-state index contributed by atoms with van der Waals surface area (Å²) in [4.78, 5) is 16.5. The maximum absolute atomic E-state index is 12.1.